The highest BCUT2D eigenvalue weighted by Crippen LogP contribution is 2.31. The van der Waals surface area contributed by atoms with Crippen molar-refractivity contribution in [3.8, 4) is 0 Å². The van der Waals surface area contributed by atoms with Gasteiger partial charge < -0.3 is 0 Å². The first kappa shape index (κ1) is 16.4. The van der Waals surface area contributed by atoms with Crippen molar-refractivity contribution in [3.63, 3.8) is 0 Å². The summed E-state index contributed by atoms with van der Waals surface area (Å²) in [5, 5.41) is 0. The first-order valence-electron chi connectivity index (χ1n) is 6.85. The van der Waals surface area contributed by atoms with Crippen LogP contribution < -0.4 is 0 Å². The van der Waals surface area contributed by atoms with Crippen LogP contribution in [-0.2, 0) is 0 Å². The summed E-state index contributed by atoms with van der Waals surface area (Å²) < 4.78 is 12.5. The van der Waals surface area contributed by atoms with E-state index in [9.17, 15) is 3.89 Å². The summed E-state index contributed by atoms with van der Waals surface area (Å²) in [5.74, 6) is 0.722. The van der Waals surface area contributed by atoms with E-state index in [1.165, 1.54) is 44.9 Å². The second-order valence-corrected chi connectivity index (χ2v) is 6.80. The highest BCUT2D eigenvalue weighted by molar-refractivity contribution is 7.98. The van der Waals surface area contributed by atoms with Gasteiger partial charge >= 0.3 is 0 Å². The Labute approximate surface area is 108 Å². The van der Waals surface area contributed by atoms with E-state index in [1.54, 1.807) is 0 Å². The van der Waals surface area contributed by atoms with Gasteiger partial charge in [0.25, 0.3) is 0 Å². The summed E-state index contributed by atoms with van der Waals surface area (Å²) >= 11 is 0.525. The Morgan fingerprint density at radius 2 is 1.75 bits per heavy atom. The second-order valence-electron chi connectivity index (χ2n) is 5.55. The lowest BCUT2D eigenvalue weighted by Crippen LogP contribution is -2.27. The van der Waals surface area contributed by atoms with Crippen LogP contribution in [0.5, 0.6) is 0 Å². The minimum absolute atomic E-state index is 0.190. The normalized spacial score (nSPS) is 13.9. The third-order valence-corrected chi connectivity index (χ3v) is 3.74. The molecule has 0 fully saturated rings. The third kappa shape index (κ3) is 8.55. The summed E-state index contributed by atoms with van der Waals surface area (Å²) in [5.41, 5.74) is 0. The van der Waals surface area contributed by atoms with Gasteiger partial charge in [0, 0.05) is 12.1 Å². The van der Waals surface area contributed by atoms with Crippen LogP contribution in [0.1, 0.15) is 65.2 Å². The van der Waals surface area contributed by atoms with Gasteiger partial charge in [-0.1, -0.05) is 58.8 Å². The van der Waals surface area contributed by atoms with Gasteiger partial charge in [0.05, 0.1) is 0 Å². The second kappa shape index (κ2) is 9.44. The topological polar surface area (TPSA) is 0 Å². The molecule has 0 aromatic heterocycles. The summed E-state index contributed by atoms with van der Waals surface area (Å²) in [6.07, 6.45) is 10.1. The molecule has 0 aromatic carbocycles. The third-order valence-electron chi connectivity index (χ3n) is 3.15. The van der Waals surface area contributed by atoms with Crippen LogP contribution >= 0.6 is 12.1 Å². The van der Waals surface area contributed by atoms with Crippen molar-refractivity contribution in [2.75, 3.05) is 0 Å². The minimum Gasteiger partial charge on any atom is -0.166 e. The molecular weight excluding hydrogens is 217 g/mol. The molecule has 0 aromatic rings. The monoisotopic (exact) mass is 244 g/mol. The molecule has 0 rings (SSSR count). The minimum atomic E-state index is -0.190. The van der Waals surface area contributed by atoms with Crippen molar-refractivity contribution in [2.24, 2.45) is 5.92 Å². The van der Waals surface area contributed by atoms with E-state index < -0.39 is 0 Å². The fraction of sp³-hybridized carbons (Fsp3) is 1.00. The zero-order valence-electron chi connectivity index (χ0n) is 11.5. The van der Waals surface area contributed by atoms with Crippen molar-refractivity contribution in [3.05, 3.63) is 0 Å². The maximum Gasteiger partial charge on any atom is 0.115 e. The highest BCUT2D eigenvalue weighted by Gasteiger charge is 2.24. The summed E-state index contributed by atoms with van der Waals surface area (Å²) in [7, 11) is 4.04. The molecule has 1 atom stereocenters. The van der Waals surface area contributed by atoms with Gasteiger partial charge in [0.15, 0.2) is 0 Å². The molecule has 0 N–H and O–H groups in total. The predicted molar refractivity (Wildman–Crippen MR) is 80.3 cm³/mol. The Kier molecular flexibility index (Phi) is 9.68. The molecule has 0 heterocycles. The van der Waals surface area contributed by atoms with Crippen molar-refractivity contribution in [1.82, 2.24) is 0 Å². The van der Waals surface area contributed by atoms with Crippen molar-refractivity contribution in [2.45, 2.75) is 69.8 Å². The highest BCUT2D eigenvalue weighted by atomic mass is 32.2. The molecule has 94 valence electrons. The van der Waals surface area contributed by atoms with Crippen molar-refractivity contribution in [1.29, 1.82) is 0 Å². The molecule has 4 heteroatoms. The van der Waals surface area contributed by atoms with Crippen LogP contribution in [0, 0.1) is 5.92 Å². The summed E-state index contributed by atoms with van der Waals surface area (Å²) in [6, 6.07) is 0. The molecular formula is C12H27B2FS. The first-order valence-corrected chi connectivity index (χ1v) is 7.57. The molecule has 0 aliphatic carbocycles. The molecule has 0 saturated heterocycles. The number of hydrogen-bond donors (Lipinski definition) is 0. The molecule has 0 aliphatic heterocycles. The van der Waals surface area contributed by atoms with Gasteiger partial charge in [-0.05, 0) is 16.9 Å². The van der Waals surface area contributed by atoms with E-state index in [0.29, 0.717) is 12.1 Å². The Morgan fingerprint density at radius 3 is 2.25 bits per heavy atom. The maximum atomic E-state index is 12.7. The molecule has 0 saturated carbocycles. The number of hydrogen-bond acceptors (Lipinski definition) is 1. The van der Waals surface area contributed by atoms with E-state index in [0.717, 1.165) is 12.3 Å². The first-order chi connectivity index (χ1) is 7.55. The lowest BCUT2D eigenvalue weighted by molar-refractivity contribution is 0.399. The van der Waals surface area contributed by atoms with Gasteiger partial charge in [0.1, 0.15) is 15.7 Å². The summed E-state index contributed by atoms with van der Waals surface area (Å²) in [4.78, 5) is 0. The zero-order chi connectivity index (χ0) is 12.4. The largest absolute Gasteiger partial charge is 0.166 e. The van der Waals surface area contributed by atoms with Gasteiger partial charge in [0.2, 0.25) is 0 Å². The van der Waals surface area contributed by atoms with Crippen LogP contribution in [0.25, 0.3) is 0 Å². The Morgan fingerprint density at radius 1 is 1.06 bits per heavy atom. The standard InChI is InChI=1S/C12H27B2FS/c1-3-5-6-7-9-11(8-4-2)10-12(13,14)16-15/h11H,3-10,13-14H2,1-2H3. The van der Waals surface area contributed by atoms with Crippen LogP contribution in [0.15, 0.2) is 0 Å². The fourth-order valence-corrected chi connectivity index (χ4v) is 2.64. The maximum absolute atomic E-state index is 12.7. The average Bonchev–Trinajstić information content (AvgIpc) is 2.24. The number of halogens is 1. The molecule has 0 spiro atoms. The molecule has 0 amide bonds. The zero-order valence-corrected chi connectivity index (χ0v) is 12.3. The Bertz CT molecular complexity index is 165. The van der Waals surface area contributed by atoms with E-state index in [-0.39, 0.29) is 4.55 Å². The predicted octanol–water partition coefficient (Wildman–Crippen LogP) is 3.30. The van der Waals surface area contributed by atoms with Gasteiger partial charge in [-0.25, -0.2) is 0 Å². The lowest BCUT2D eigenvalue weighted by atomic mass is 9.64. The van der Waals surface area contributed by atoms with E-state index >= 15 is 0 Å². The van der Waals surface area contributed by atoms with Crippen LogP contribution in [0.4, 0.5) is 3.89 Å². The summed E-state index contributed by atoms with van der Waals surface area (Å²) in [6.45, 7) is 4.47. The van der Waals surface area contributed by atoms with Gasteiger partial charge in [-0.3, -0.25) is 0 Å². The van der Waals surface area contributed by atoms with Crippen LogP contribution in [0.2, 0.25) is 0 Å². The van der Waals surface area contributed by atoms with Crippen molar-refractivity contribution >= 4 is 27.8 Å². The van der Waals surface area contributed by atoms with E-state index in [4.69, 9.17) is 0 Å². The van der Waals surface area contributed by atoms with Crippen molar-refractivity contribution < 1.29 is 3.89 Å². The molecule has 16 heavy (non-hydrogen) atoms. The van der Waals surface area contributed by atoms with Crippen LogP contribution in [0.3, 0.4) is 0 Å². The smallest absolute Gasteiger partial charge is 0.115 e. The van der Waals surface area contributed by atoms with E-state index in [2.05, 4.69) is 13.8 Å². The van der Waals surface area contributed by atoms with Gasteiger partial charge in [-0.2, -0.15) is 3.89 Å². The van der Waals surface area contributed by atoms with Gasteiger partial charge in [-0.15, -0.1) is 0 Å². The quantitative estimate of drug-likeness (QED) is 0.419. The SMILES string of the molecule is BC(B)(CC(CCC)CCCCCC)SF. The number of unbranched alkanes of at least 4 members (excludes halogenated alkanes) is 3. The molecule has 0 nitrogen and oxygen atoms in total. The Balaban J connectivity index is 3.87. The van der Waals surface area contributed by atoms with Crippen LogP contribution in [-0.4, -0.2) is 20.2 Å². The lowest BCUT2D eigenvalue weighted by Gasteiger charge is -2.26. The average molecular weight is 244 g/mol. The number of rotatable bonds is 10. The Hall–Kier alpha value is 0.410. The molecule has 1 unspecified atom stereocenters. The molecule has 0 aliphatic rings. The molecule has 0 radical (unpaired) electrons. The molecule has 0 bridgehead atoms. The fourth-order valence-electron chi connectivity index (χ4n) is 2.34. The van der Waals surface area contributed by atoms with E-state index in [1.807, 2.05) is 15.7 Å².